The van der Waals surface area contributed by atoms with E-state index < -0.39 is 0 Å². The molecule has 0 saturated heterocycles. The fraction of sp³-hybridized carbons (Fsp3) is 0.162. The Balaban J connectivity index is 0.000000230. The lowest BCUT2D eigenvalue weighted by atomic mass is 10.1. The maximum Gasteiger partial charge on any atom is 0.331 e. The van der Waals surface area contributed by atoms with Gasteiger partial charge in [0.15, 0.2) is 0 Å². The minimum atomic E-state index is -0.331. The van der Waals surface area contributed by atoms with Crippen LogP contribution in [-0.2, 0) is 36.9 Å². The summed E-state index contributed by atoms with van der Waals surface area (Å²) in [7, 11) is 0. The number of ether oxygens (including phenoxy) is 2. The zero-order chi connectivity index (χ0) is 30.1. The third kappa shape index (κ3) is 16.2. The van der Waals surface area contributed by atoms with Gasteiger partial charge in [0.05, 0.1) is 6.61 Å². The second-order valence-electron chi connectivity index (χ2n) is 8.95. The van der Waals surface area contributed by atoms with Gasteiger partial charge in [-0.25, -0.2) is 4.79 Å². The number of hydrogen-bond donors (Lipinski definition) is 0. The molecule has 0 amide bonds. The molecule has 0 aliphatic rings. The average Bonchev–Trinajstić information content (AvgIpc) is 3.06. The van der Waals surface area contributed by atoms with Gasteiger partial charge >= 0.3 is 11.9 Å². The summed E-state index contributed by atoms with van der Waals surface area (Å²) in [4.78, 5) is 32.5. The van der Waals surface area contributed by atoms with Gasteiger partial charge in [-0.1, -0.05) is 134 Å². The monoisotopic (exact) mass is 562 g/mol. The molecule has 0 bridgehead atoms. The van der Waals surface area contributed by atoms with Crippen molar-refractivity contribution in [2.75, 3.05) is 6.61 Å². The van der Waals surface area contributed by atoms with E-state index in [1.807, 2.05) is 128 Å². The van der Waals surface area contributed by atoms with Gasteiger partial charge in [-0.2, -0.15) is 0 Å². The highest BCUT2D eigenvalue weighted by atomic mass is 16.5. The number of aryl methyl sites for hydroxylation is 1. The second kappa shape index (κ2) is 21.8. The standard InChI is InChI=1S/C16H14O2.C12H16O2.C9H8O/c17-16(12-11-14-7-3-1-4-8-14)18-13-15-9-5-2-6-10-15;1-2-10-14-12(13)9-8-11-6-4-3-5-7-11;10-8-4-7-9-5-2-1-3-6-9/h1-12H,13H2;3-7H,2,8-10H2,1H3;1-8H. The van der Waals surface area contributed by atoms with Gasteiger partial charge in [-0.3, -0.25) is 9.59 Å². The van der Waals surface area contributed by atoms with E-state index in [1.54, 1.807) is 12.2 Å². The molecule has 5 heteroatoms. The molecule has 0 N–H and O–H groups in total. The van der Waals surface area contributed by atoms with Crippen LogP contribution >= 0.6 is 0 Å². The fourth-order valence-corrected chi connectivity index (χ4v) is 3.40. The number of hydrogen-bond acceptors (Lipinski definition) is 5. The molecule has 42 heavy (non-hydrogen) atoms. The Morgan fingerprint density at radius 3 is 1.67 bits per heavy atom. The van der Waals surface area contributed by atoms with Crippen molar-refractivity contribution in [3.63, 3.8) is 0 Å². The highest BCUT2D eigenvalue weighted by molar-refractivity contribution is 5.87. The van der Waals surface area contributed by atoms with E-state index in [9.17, 15) is 14.4 Å². The van der Waals surface area contributed by atoms with E-state index in [-0.39, 0.29) is 11.9 Å². The Kier molecular flexibility index (Phi) is 17.2. The van der Waals surface area contributed by atoms with Crippen molar-refractivity contribution in [2.45, 2.75) is 32.8 Å². The lowest BCUT2D eigenvalue weighted by Crippen LogP contribution is -2.06. The first-order chi connectivity index (χ1) is 20.6. The van der Waals surface area contributed by atoms with E-state index in [1.165, 1.54) is 17.7 Å². The zero-order valence-electron chi connectivity index (χ0n) is 24.0. The molecule has 0 radical (unpaired) electrons. The lowest BCUT2D eigenvalue weighted by molar-refractivity contribution is -0.143. The van der Waals surface area contributed by atoms with E-state index in [2.05, 4.69) is 0 Å². The smallest absolute Gasteiger partial charge is 0.331 e. The van der Waals surface area contributed by atoms with Crippen LogP contribution in [0, 0.1) is 0 Å². The maximum absolute atomic E-state index is 11.5. The minimum absolute atomic E-state index is 0.101. The number of benzene rings is 4. The summed E-state index contributed by atoms with van der Waals surface area (Å²) in [6.07, 6.45) is 9.34. The van der Waals surface area contributed by atoms with Gasteiger partial charge < -0.3 is 9.47 Å². The normalized spacial score (nSPS) is 10.1. The minimum Gasteiger partial charge on any atom is -0.466 e. The molecule has 0 unspecified atom stereocenters. The average molecular weight is 563 g/mol. The van der Waals surface area contributed by atoms with Crippen LogP contribution in [0.3, 0.4) is 0 Å². The number of allylic oxidation sites excluding steroid dienone is 1. The molecule has 5 nitrogen and oxygen atoms in total. The predicted octanol–water partition coefficient (Wildman–Crippen LogP) is 7.91. The van der Waals surface area contributed by atoms with E-state index in [4.69, 9.17) is 9.47 Å². The predicted molar refractivity (Wildman–Crippen MR) is 169 cm³/mol. The molecule has 216 valence electrons. The van der Waals surface area contributed by atoms with Crippen LogP contribution in [0.25, 0.3) is 12.2 Å². The summed E-state index contributed by atoms with van der Waals surface area (Å²) in [5, 5.41) is 0. The zero-order valence-corrected chi connectivity index (χ0v) is 24.0. The van der Waals surface area contributed by atoms with Crippen molar-refractivity contribution >= 4 is 30.4 Å². The van der Waals surface area contributed by atoms with Gasteiger partial charge in [-0.05, 0) is 47.2 Å². The van der Waals surface area contributed by atoms with E-state index in [0.29, 0.717) is 19.6 Å². The Bertz CT molecular complexity index is 1330. The summed E-state index contributed by atoms with van der Waals surface area (Å²) in [6.45, 7) is 2.83. The number of esters is 2. The van der Waals surface area contributed by atoms with Gasteiger partial charge in [0, 0.05) is 12.5 Å². The van der Waals surface area contributed by atoms with Crippen molar-refractivity contribution in [1.29, 1.82) is 0 Å². The highest BCUT2D eigenvalue weighted by Crippen LogP contribution is 2.05. The van der Waals surface area contributed by atoms with Crippen molar-refractivity contribution in [1.82, 2.24) is 0 Å². The molecule has 0 heterocycles. The molecule has 4 rings (SSSR count). The molecule has 0 atom stereocenters. The van der Waals surface area contributed by atoms with Gasteiger partial charge in [0.25, 0.3) is 0 Å². The number of carbonyl (C=O) groups is 3. The van der Waals surface area contributed by atoms with Crippen LogP contribution in [0.1, 0.15) is 42.0 Å². The largest absolute Gasteiger partial charge is 0.466 e. The molecule has 4 aromatic rings. The van der Waals surface area contributed by atoms with Crippen LogP contribution < -0.4 is 0 Å². The Morgan fingerprint density at radius 2 is 1.14 bits per heavy atom. The van der Waals surface area contributed by atoms with Gasteiger partial charge in [0.2, 0.25) is 0 Å². The summed E-state index contributed by atoms with van der Waals surface area (Å²) in [5.74, 6) is -0.432. The molecule has 4 aromatic carbocycles. The van der Waals surface area contributed by atoms with Crippen LogP contribution in [0.5, 0.6) is 0 Å². The lowest BCUT2D eigenvalue weighted by Gasteiger charge is -2.02. The van der Waals surface area contributed by atoms with Crippen molar-refractivity contribution in [3.05, 3.63) is 156 Å². The maximum atomic E-state index is 11.5. The summed E-state index contributed by atoms with van der Waals surface area (Å²) >= 11 is 0. The number of aldehydes is 1. The van der Waals surface area contributed by atoms with E-state index >= 15 is 0 Å². The number of carbonyl (C=O) groups excluding carboxylic acids is 3. The molecular weight excluding hydrogens is 524 g/mol. The van der Waals surface area contributed by atoms with Crippen molar-refractivity contribution < 1.29 is 23.9 Å². The highest BCUT2D eigenvalue weighted by Gasteiger charge is 2.02. The van der Waals surface area contributed by atoms with Crippen molar-refractivity contribution in [3.8, 4) is 0 Å². The molecule has 0 saturated carbocycles. The van der Waals surface area contributed by atoms with Crippen molar-refractivity contribution in [2.24, 2.45) is 0 Å². The summed E-state index contributed by atoms with van der Waals surface area (Å²) in [5.41, 5.74) is 4.20. The Labute approximate surface area is 249 Å². The first-order valence-electron chi connectivity index (χ1n) is 13.9. The summed E-state index contributed by atoms with van der Waals surface area (Å²) in [6, 6.07) is 38.9. The Morgan fingerprint density at radius 1 is 0.643 bits per heavy atom. The van der Waals surface area contributed by atoms with Gasteiger partial charge in [0.1, 0.15) is 12.9 Å². The third-order valence-corrected chi connectivity index (χ3v) is 5.53. The topological polar surface area (TPSA) is 69.7 Å². The molecule has 0 aliphatic carbocycles. The molecule has 0 fully saturated rings. The first kappa shape index (κ1) is 33.2. The Hall–Kier alpha value is -5.03. The molecule has 0 aromatic heterocycles. The first-order valence-corrected chi connectivity index (χ1v) is 13.9. The van der Waals surface area contributed by atoms with Crippen LogP contribution in [0.4, 0.5) is 0 Å². The van der Waals surface area contributed by atoms with Crippen LogP contribution in [0.15, 0.2) is 133 Å². The van der Waals surface area contributed by atoms with Gasteiger partial charge in [-0.15, -0.1) is 0 Å². The van der Waals surface area contributed by atoms with Crippen LogP contribution in [-0.4, -0.2) is 24.8 Å². The quantitative estimate of drug-likeness (QED) is 0.106. The van der Waals surface area contributed by atoms with Crippen LogP contribution in [0.2, 0.25) is 0 Å². The third-order valence-electron chi connectivity index (χ3n) is 5.53. The second-order valence-corrected chi connectivity index (χ2v) is 8.95. The molecule has 0 aliphatic heterocycles. The SMILES string of the molecule is CCCOC(=O)CCc1ccccc1.O=C(C=Cc1ccccc1)OCc1ccccc1.O=CC=Cc1ccccc1. The molecular formula is C37H38O5. The fourth-order valence-electron chi connectivity index (χ4n) is 3.40. The summed E-state index contributed by atoms with van der Waals surface area (Å²) < 4.78 is 10.1. The number of rotatable bonds is 11. The van der Waals surface area contributed by atoms with E-state index in [0.717, 1.165) is 35.8 Å². The molecule has 0 spiro atoms.